The van der Waals surface area contributed by atoms with E-state index in [1.165, 1.54) is 0 Å². The number of carbonyl (C=O) groups excluding carboxylic acids is 1. The number of rotatable bonds is 10. The Morgan fingerprint density at radius 1 is 0.973 bits per heavy atom. The fourth-order valence-electron chi connectivity index (χ4n) is 5.01. The van der Waals surface area contributed by atoms with Gasteiger partial charge < -0.3 is 14.4 Å². The third-order valence-electron chi connectivity index (χ3n) is 7.36. The van der Waals surface area contributed by atoms with Crippen molar-refractivity contribution in [3.8, 4) is 22.5 Å². The quantitative estimate of drug-likeness (QED) is 0.256. The van der Waals surface area contributed by atoms with Crippen molar-refractivity contribution < 1.29 is 19.2 Å². The third kappa shape index (κ3) is 5.37. The average Bonchev–Trinajstić information content (AvgIpc) is 3.66. The Morgan fingerprint density at radius 2 is 1.59 bits per heavy atom. The third-order valence-corrected chi connectivity index (χ3v) is 7.36. The van der Waals surface area contributed by atoms with Crippen molar-refractivity contribution >= 4 is 5.97 Å². The summed E-state index contributed by atoms with van der Waals surface area (Å²) in [5, 5.41) is 14.8. The maximum Gasteiger partial charge on any atom is 0.316 e. The molecule has 1 atom stereocenters. The summed E-state index contributed by atoms with van der Waals surface area (Å²) in [6, 6.07) is 26.5. The van der Waals surface area contributed by atoms with Crippen LogP contribution in [0.1, 0.15) is 48.6 Å². The molecular weight excluding hydrogens is 462 g/mol. The maximum atomic E-state index is 12.4. The van der Waals surface area contributed by atoms with Gasteiger partial charge in [-0.05, 0) is 68.2 Å². The van der Waals surface area contributed by atoms with Crippen molar-refractivity contribution in [3.63, 3.8) is 0 Å². The molecule has 1 aromatic heterocycles. The minimum atomic E-state index is -0.451. The molecule has 4 aromatic rings. The van der Waals surface area contributed by atoms with E-state index in [1.807, 2.05) is 68.4 Å². The molecule has 0 bridgehead atoms. The van der Waals surface area contributed by atoms with Crippen LogP contribution in [0.15, 0.2) is 83.4 Å². The summed E-state index contributed by atoms with van der Waals surface area (Å²) in [6.45, 7) is 4.20. The van der Waals surface area contributed by atoms with Gasteiger partial charge in [-0.1, -0.05) is 84.0 Å². The average molecular weight is 496 g/mol. The van der Waals surface area contributed by atoms with Crippen LogP contribution in [0, 0.1) is 6.92 Å². The molecule has 1 unspecified atom stereocenters. The van der Waals surface area contributed by atoms with Gasteiger partial charge in [0.1, 0.15) is 0 Å². The van der Waals surface area contributed by atoms with E-state index >= 15 is 0 Å². The van der Waals surface area contributed by atoms with Crippen molar-refractivity contribution in [3.05, 3.63) is 101 Å². The van der Waals surface area contributed by atoms with Crippen LogP contribution in [0.4, 0.5) is 0 Å². The monoisotopic (exact) mass is 495 g/mol. The number of nitrogens with zero attached hydrogens (tertiary/aromatic N) is 1. The van der Waals surface area contributed by atoms with Gasteiger partial charge in [0, 0.05) is 11.1 Å². The van der Waals surface area contributed by atoms with Crippen LogP contribution in [0.3, 0.4) is 0 Å². The second-order valence-corrected chi connectivity index (χ2v) is 9.92. The van der Waals surface area contributed by atoms with E-state index in [0.717, 1.165) is 57.7 Å². The van der Waals surface area contributed by atoms with E-state index in [2.05, 4.69) is 29.4 Å². The first-order chi connectivity index (χ1) is 18.0. The molecule has 5 nitrogen and oxygen atoms in total. The second-order valence-electron chi connectivity index (χ2n) is 9.92. The van der Waals surface area contributed by atoms with Gasteiger partial charge in [-0.2, -0.15) is 0 Å². The number of aryl methyl sites for hydroxylation is 1. The van der Waals surface area contributed by atoms with Gasteiger partial charge in [0.25, 0.3) is 0 Å². The van der Waals surface area contributed by atoms with Gasteiger partial charge in [-0.15, -0.1) is 0 Å². The smallest absolute Gasteiger partial charge is 0.316 e. The number of aliphatic hydroxyl groups excluding tert-OH is 1. The Bertz CT molecular complexity index is 1340. The Balaban J connectivity index is 1.27. The number of benzene rings is 3. The van der Waals surface area contributed by atoms with Gasteiger partial charge in [0.05, 0.1) is 23.8 Å². The highest BCUT2D eigenvalue weighted by molar-refractivity contribution is 5.87. The van der Waals surface area contributed by atoms with Crippen LogP contribution in [0.2, 0.25) is 0 Å². The van der Waals surface area contributed by atoms with E-state index in [9.17, 15) is 9.90 Å². The molecule has 3 aromatic carbocycles. The van der Waals surface area contributed by atoms with E-state index < -0.39 is 11.5 Å². The molecule has 190 valence electrons. The molecule has 1 heterocycles. The molecular formula is C32H33NO4. The standard InChI is InChI=1S/C32H33NO4/c1-3-36-31(35)32(19-20-32)27-15-13-25(14-16-27)24-9-11-26(12-10-24)30-29(22(2)33-37-30)18-17-28(34)21-23-7-5-4-6-8-23/h4-16,28,34H,3,17-21H2,1-2H3. The van der Waals surface area contributed by atoms with Gasteiger partial charge in [0.15, 0.2) is 5.76 Å². The topological polar surface area (TPSA) is 72.6 Å². The van der Waals surface area contributed by atoms with E-state index in [-0.39, 0.29) is 5.97 Å². The van der Waals surface area contributed by atoms with Crippen LogP contribution in [0.25, 0.3) is 22.5 Å². The van der Waals surface area contributed by atoms with Crippen LogP contribution in [-0.4, -0.2) is 28.9 Å². The van der Waals surface area contributed by atoms with E-state index in [0.29, 0.717) is 25.9 Å². The van der Waals surface area contributed by atoms with Crippen LogP contribution in [-0.2, 0) is 27.8 Å². The largest absolute Gasteiger partial charge is 0.465 e. The number of ether oxygens (including phenoxy) is 1. The number of aromatic nitrogens is 1. The Kier molecular flexibility index (Phi) is 7.24. The lowest BCUT2D eigenvalue weighted by atomic mass is 9.93. The first-order valence-electron chi connectivity index (χ1n) is 13.1. The minimum absolute atomic E-state index is 0.113. The maximum absolute atomic E-state index is 12.4. The van der Waals surface area contributed by atoms with Crippen LogP contribution >= 0.6 is 0 Å². The first-order valence-corrected chi connectivity index (χ1v) is 13.1. The summed E-state index contributed by atoms with van der Waals surface area (Å²) in [4.78, 5) is 12.4. The predicted octanol–water partition coefficient (Wildman–Crippen LogP) is 6.45. The number of aliphatic hydroxyl groups is 1. The SMILES string of the molecule is CCOC(=O)C1(c2ccc(-c3ccc(-c4onc(C)c4CCC(O)Cc4ccccc4)cc3)cc2)CC1. The Labute approximate surface area is 218 Å². The van der Waals surface area contributed by atoms with Crippen molar-refractivity contribution in [2.45, 2.75) is 57.5 Å². The summed E-state index contributed by atoms with van der Waals surface area (Å²) in [5.41, 5.74) is 6.76. The number of carbonyl (C=O) groups is 1. The number of esters is 1. The highest BCUT2D eigenvalue weighted by atomic mass is 16.5. The zero-order valence-corrected chi connectivity index (χ0v) is 21.4. The summed E-state index contributed by atoms with van der Waals surface area (Å²) < 4.78 is 11.0. The van der Waals surface area contributed by atoms with Crippen LogP contribution in [0.5, 0.6) is 0 Å². The summed E-state index contributed by atoms with van der Waals surface area (Å²) in [7, 11) is 0. The summed E-state index contributed by atoms with van der Waals surface area (Å²) in [6.07, 6.45) is 3.25. The Morgan fingerprint density at radius 3 is 2.22 bits per heavy atom. The zero-order valence-electron chi connectivity index (χ0n) is 21.4. The molecule has 5 heteroatoms. The predicted molar refractivity (Wildman–Crippen MR) is 144 cm³/mol. The number of hydrogen-bond donors (Lipinski definition) is 1. The second kappa shape index (κ2) is 10.7. The van der Waals surface area contributed by atoms with Gasteiger partial charge in [0.2, 0.25) is 0 Å². The van der Waals surface area contributed by atoms with Gasteiger partial charge >= 0.3 is 5.97 Å². The molecule has 1 aliphatic rings. The molecule has 0 radical (unpaired) electrons. The van der Waals surface area contributed by atoms with E-state index in [4.69, 9.17) is 9.26 Å². The van der Waals surface area contributed by atoms with Crippen molar-refractivity contribution in [2.75, 3.05) is 6.61 Å². The Hall–Kier alpha value is -3.70. The molecule has 1 saturated carbocycles. The lowest BCUT2D eigenvalue weighted by Crippen LogP contribution is -2.23. The summed E-state index contributed by atoms with van der Waals surface area (Å²) >= 11 is 0. The number of hydrogen-bond acceptors (Lipinski definition) is 5. The fraction of sp³-hybridized carbons (Fsp3) is 0.312. The lowest BCUT2D eigenvalue weighted by molar-refractivity contribution is -0.146. The molecule has 0 aliphatic heterocycles. The molecule has 37 heavy (non-hydrogen) atoms. The lowest BCUT2D eigenvalue weighted by Gasteiger charge is -2.14. The molecule has 0 spiro atoms. The van der Waals surface area contributed by atoms with Crippen LogP contribution < -0.4 is 0 Å². The minimum Gasteiger partial charge on any atom is -0.465 e. The molecule has 1 aliphatic carbocycles. The van der Waals surface area contributed by atoms with Crippen molar-refractivity contribution in [1.29, 1.82) is 0 Å². The molecule has 5 rings (SSSR count). The fourth-order valence-corrected chi connectivity index (χ4v) is 5.01. The van der Waals surface area contributed by atoms with E-state index in [1.54, 1.807) is 0 Å². The van der Waals surface area contributed by atoms with Gasteiger partial charge in [-0.3, -0.25) is 4.79 Å². The molecule has 0 amide bonds. The van der Waals surface area contributed by atoms with Crippen molar-refractivity contribution in [2.24, 2.45) is 0 Å². The normalized spacial score (nSPS) is 14.8. The van der Waals surface area contributed by atoms with Gasteiger partial charge in [-0.25, -0.2) is 0 Å². The zero-order chi connectivity index (χ0) is 25.8. The highest BCUT2D eigenvalue weighted by Gasteiger charge is 2.52. The molecule has 0 saturated heterocycles. The molecule has 1 fully saturated rings. The van der Waals surface area contributed by atoms with Crippen molar-refractivity contribution in [1.82, 2.24) is 5.16 Å². The summed E-state index contributed by atoms with van der Waals surface area (Å²) in [5.74, 6) is 0.647. The first kappa shape index (κ1) is 25.0. The molecule has 1 N–H and O–H groups in total. The highest BCUT2D eigenvalue weighted by Crippen LogP contribution is 2.49.